The van der Waals surface area contributed by atoms with Gasteiger partial charge in [-0.1, -0.05) is 108 Å². The SMILES string of the molecule is Cc1c(CCCCCCCCCCCCCCCCCCC(=O)O)ccc[n+]1-c1ccccc1. The lowest BCUT2D eigenvalue weighted by molar-refractivity contribution is -0.603. The first-order chi connectivity index (χ1) is 16.7. The van der Waals surface area contributed by atoms with Gasteiger partial charge in [-0.3, -0.25) is 4.79 Å². The van der Waals surface area contributed by atoms with Crippen LogP contribution in [0, 0.1) is 6.92 Å². The van der Waals surface area contributed by atoms with Gasteiger partial charge in [-0.15, -0.1) is 0 Å². The Labute approximate surface area is 208 Å². The van der Waals surface area contributed by atoms with Crippen LogP contribution in [0.2, 0.25) is 0 Å². The molecule has 0 unspecified atom stereocenters. The monoisotopic (exact) mass is 466 g/mol. The summed E-state index contributed by atoms with van der Waals surface area (Å²) >= 11 is 0. The van der Waals surface area contributed by atoms with Crippen LogP contribution >= 0.6 is 0 Å². The van der Waals surface area contributed by atoms with Crippen LogP contribution in [0.4, 0.5) is 0 Å². The first kappa shape index (κ1) is 28.1. The minimum atomic E-state index is -0.657. The number of hydrogen-bond donors (Lipinski definition) is 1. The normalized spacial score (nSPS) is 11.1. The highest BCUT2D eigenvalue weighted by molar-refractivity contribution is 5.66. The number of unbranched alkanes of at least 4 members (excludes halogenated alkanes) is 15. The first-order valence-corrected chi connectivity index (χ1v) is 14.0. The quantitative estimate of drug-likeness (QED) is 0.157. The Balaban J connectivity index is 1.39. The molecule has 0 radical (unpaired) electrons. The predicted octanol–water partition coefficient (Wildman–Crippen LogP) is 8.53. The lowest BCUT2D eigenvalue weighted by Gasteiger charge is -2.06. The lowest BCUT2D eigenvalue weighted by atomic mass is 10.0. The van der Waals surface area contributed by atoms with Gasteiger partial charge in [0.05, 0.1) is 0 Å². The lowest BCUT2D eigenvalue weighted by Crippen LogP contribution is -2.34. The van der Waals surface area contributed by atoms with Crippen molar-refractivity contribution in [3.63, 3.8) is 0 Å². The Bertz CT molecular complexity index is 787. The fourth-order valence-electron chi connectivity index (χ4n) is 4.83. The number of benzene rings is 1. The van der Waals surface area contributed by atoms with E-state index in [1.165, 1.54) is 113 Å². The molecule has 1 aromatic carbocycles. The van der Waals surface area contributed by atoms with Crippen LogP contribution in [0.1, 0.15) is 120 Å². The van der Waals surface area contributed by atoms with Gasteiger partial charge in [0.2, 0.25) is 5.69 Å². The topological polar surface area (TPSA) is 41.2 Å². The number of aliphatic carboxylic acids is 1. The molecule has 0 atom stereocenters. The maximum absolute atomic E-state index is 10.5. The summed E-state index contributed by atoms with van der Waals surface area (Å²) in [4.78, 5) is 10.5. The molecular formula is C31H48NO2+. The van der Waals surface area contributed by atoms with Crippen molar-refractivity contribution in [2.45, 2.75) is 122 Å². The Hall–Kier alpha value is -2.16. The first-order valence-electron chi connectivity index (χ1n) is 14.0. The number of hydrogen-bond acceptors (Lipinski definition) is 1. The molecule has 0 amide bonds. The van der Waals surface area contributed by atoms with E-state index in [1.807, 2.05) is 0 Å². The molecule has 0 spiro atoms. The summed E-state index contributed by atoms with van der Waals surface area (Å²) in [7, 11) is 0. The van der Waals surface area contributed by atoms with Crippen LogP contribution in [0.15, 0.2) is 48.7 Å². The van der Waals surface area contributed by atoms with Crippen molar-refractivity contribution in [3.05, 3.63) is 59.9 Å². The van der Waals surface area contributed by atoms with Gasteiger partial charge >= 0.3 is 5.97 Å². The van der Waals surface area contributed by atoms with Gasteiger partial charge < -0.3 is 5.11 Å². The van der Waals surface area contributed by atoms with E-state index in [4.69, 9.17) is 5.11 Å². The third kappa shape index (κ3) is 12.3. The minimum absolute atomic E-state index is 0.336. The van der Waals surface area contributed by atoms with E-state index in [-0.39, 0.29) is 0 Å². The van der Waals surface area contributed by atoms with E-state index in [1.54, 1.807) is 0 Å². The molecule has 0 aliphatic heterocycles. The summed E-state index contributed by atoms with van der Waals surface area (Å²) in [6.45, 7) is 2.24. The highest BCUT2D eigenvalue weighted by atomic mass is 16.4. The Morgan fingerprint density at radius 3 is 1.62 bits per heavy atom. The number of carboxylic acid groups (broad SMARTS) is 1. The number of carbonyl (C=O) groups is 1. The average molecular weight is 467 g/mol. The average Bonchev–Trinajstić information content (AvgIpc) is 2.84. The third-order valence-corrected chi connectivity index (χ3v) is 6.98. The maximum Gasteiger partial charge on any atom is 0.303 e. The molecule has 0 bridgehead atoms. The Kier molecular flexibility index (Phi) is 15.0. The minimum Gasteiger partial charge on any atom is -0.481 e. The number of para-hydroxylation sites is 1. The van der Waals surface area contributed by atoms with E-state index in [0.29, 0.717) is 6.42 Å². The molecule has 1 heterocycles. The summed E-state index contributed by atoms with van der Waals surface area (Å²) in [5.74, 6) is -0.657. The molecular weight excluding hydrogens is 418 g/mol. The molecule has 3 heteroatoms. The molecule has 1 aromatic heterocycles. The molecule has 2 aromatic rings. The predicted molar refractivity (Wildman–Crippen MR) is 143 cm³/mol. The van der Waals surface area contributed by atoms with Crippen molar-refractivity contribution in [3.8, 4) is 5.69 Å². The molecule has 0 aliphatic carbocycles. The summed E-state index contributed by atoms with van der Waals surface area (Å²) in [6, 6.07) is 15.1. The fourth-order valence-corrected chi connectivity index (χ4v) is 4.83. The Morgan fingerprint density at radius 2 is 1.12 bits per heavy atom. The van der Waals surface area contributed by atoms with Crippen molar-refractivity contribution in [2.24, 2.45) is 0 Å². The number of aryl methyl sites for hydroxylation is 1. The number of rotatable bonds is 20. The van der Waals surface area contributed by atoms with Crippen molar-refractivity contribution < 1.29 is 14.5 Å². The van der Waals surface area contributed by atoms with Crippen LogP contribution in [-0.4, -0.2) is 11.1 Å². The Morgan fingerprint density at radius 1 is 0.647 bits per heavy atom. The molecule has 0 aliphatic rings. The summed E-state index contributed by atoms with van der Waals surface area (Å²) in [5, 5.41) is 8.62. The van der Waals surface area contributed by atoms with Gasteiger partial charge in [0.25, 0.3) is 0 Å². The van der Waals surface area contributed by atoms with Crippen LogP contribution in [-0.2, 0) is 11.2 Å². The number of aromatic nitrogens is 1. The largest absolute Gasteiger partial charge is 0.481 e. The second-order valence-corrected chi connectivity index (χ2v) is 9.87. The second kappa shape index (κ2) is 18.2. The second-order valence-electron chi connectivity index (χ2n) is 9.87. The molecule has 0 saturated heterocycles. The van der Waals surface area contributed by atoms with Crippen molar-refractivity contribution in [2.75, 3.05) is 0 Å². The van der Waals surface area contributed by atoms with Gasteiger partial charge in [0, 0.05) is 37.1 Å². The maximum atomic E-state index is 10.5. The van der Waals surface area contributed by atoms with Gasteiger partial charge in [0.1, 0.15) is 0 Å². The molecule has 34 heavy (non-hydrogen) atoms. The summed E-state index contributed by atoms with van der Waals surface area (Å²) in [5.41, 5.74) is 4.08. The van der Waals surface area contributed by atoms with Gasteiger partial charge in [-0.25, -0.2) is 0 Å². The van der Waals surface area contributed by atoms with Gasteiger partial charge in [0.15, 0.2) is 11.9 Å². The number of pyridine rings is 1. The molecule has 0 fully saturated rings. The highest BCUT2D eigenvalue weighted by Gasteiger charge is 2.13. The van der Waals surface area contributed by atoms with Crippen molar-refractivity contribution in [1.82, 2.24) is 0 Å². The molecule has 188 valence electrons. The fraction of sp³-hybridized carbons (Fsp3) is 0.613. The number of carboxylic acids is 1. The molecule has 3 nitrogen and oxygen atoms in total. The van der Waals surface area contributed by atoms with Crippen molar-refractivity contribution >= 4 is 5.97 Å². The molecule has 2 rings (SSSR count). The summed E-state index contributed by atoms with van der Waals surface area (Å²) in [6.07, 6.45) is 24.5. The van der Waals surface area contributed by atoms with E-state index in [0.717, 1.165) is 12.8 Å². The third-order valence-electron chi connectivity index (χ3n) is 6.98. The van der Waals surface area contributed by atoms with Crippen LogP contribution in [0.25, 0.3) is 5.69 Å². The smallest absolute Gasteiger partial charge is 0.303 e. The standard InChI is InChI=1S/C31H47NO2/c1-28-29(23-21-27-32(28)30-24-18-16-19-25-30)22-17-14-12-10-8-6-4-2-3-5-7-9-11-13-15-20-26-31(33)34/h16,18-19,21,23-25,27H,2-15,17,20,22,26H2,1H3/p+1. The molecule has 1 N–H and O–H groups in total. The zero-order valence-electron chi connectivity index (χ0n) is 21.6. The van der Waals surface area contributed by atoms with E-state index in [2.05, 4.69) is 60.2 Å². The zero-order chi connectivity index (χ0) is 24.3. The van der Waals surface area contributed by atoms with Crippen LogP contribution in [0.5, 0.6) is 0 Å². The number of nitrogens with zero attached hydrogens (tertiary/aromatic N) is 1. The highest BCUT2D eigenvalue weighted by Crippen LogP contribution is 2.15. The summed E-state index contributed by atoms with van der Waals surface area (Å²) < 4.78 is 2.31. The van der Waals surface area contributed by atoms with Gasteiger partial charge in [-0.2, -0.15) is 4.57 Å². The van der Waals surface area contributed by atoms with E-state index in [9.17, 15) is 4.79 Å². The molecule has 0 saturated carbocycles. The van der Waals surface area contributed by atoms with Crippen LogP contribution < -0.4 is 4.57 Å². The van der Waals surface area contributed by atoms with Crippen molar-refractivity contribution in [1.29, 1.82) is 0 Å². The zero-order valence-corrected chi connectivity index (χ0v) is 21.6. The van der Waals surface area contributed by atoms with E-state index >= 15 is 0 Å². The van der Waals surface area contributed by atoms with E-state index < -0.39 is 5.97 Å². The van der Waals surface area contributed by atoms with Crippen LogP contribution in [0.3, 0.4) is 0 Å². The van der Waals surface area contributed by atoms with Gasteiger partial charge in [-0.05, 0) is 25.3 Å².